The topological polar surface area (TPSA) is 47.3 Å². The van der Waals surface area contributed by atoms with Crippen LogP contribution in [0.25, 0.3) is 0 Å². The molecule has 1 aliphatic carbocycles. The van der Waals surface area contributed by atoms with Crippen molar-refractivity contribution >= 4 is 0 Å². The number of hydrogen-bond acceptors (Lipinski definition) is 3. The van der Waals surface area contributed by atoms with Gasteiger partial charge in [0, 0.05) is 7.11 Å². The fraction of sp³-hybridized carbons (Fsp3) is 0.571. The summed E-state index contributed by atoms with van der Waals surface area (Å²) in [6.07, 6.45) is 5.15. The van der Waals surface area contributed by atoms with E-state index in [0.29, 0.717) is 0 Å². The van der Waals surface area contributed by atoms with E-state index in [4.69, 9.17) is 10.6 Å². The lowest BCUT2D eigenvalue weighted by Crippen LogP contribution is -2.40. The lowest BCUT2D eigenvalue weighted by molar-refractivity contribution is 0.0637. The van der Waals surface area contributed by atoms with Crippen LogP contribution in [0.5, 0.6) is 0 Å². The van der Waals surface area contributed by atoms with Crippen LogP contribution in [0.4, 0.5) is 0 Å². The van der Waals surface area contributed by atoms with E-state index in [1.54, 1.807) is 7.11 Å². The van der Waals surface area contributed by atoms with Crippen molar-refractivity contribution < 1.29 is 4.74 Å². The van der Waals surface area contributed by atoms with Crippen molar-refractivity contribution in [1.82, 2.24) is 5.43 Å². The summed E-state index contributed by atoms with van der Waals surface area (Å²) in [7, 11) is 1.75. The number of ether oxygens (including phenoxy) is 1. The normalized spacial score (nSPS) is 18.9. The zero-order valence-electron chi connectivity index (χ0n) is 10.4. The summed E-state index contributed by atoms with van der Waals surface area (Å²) < 4.78 is 5.60. The fourth-order valence-corrected chi connectivity index (χ4v) is 2.32. The molecule has 1 aliphatic rings. The van der Waals surface area contributed by atoms with E-state index < -0.39 is 0 Å². The fourth-order valence-electron chi connectivity index (χ4n) is 2.32. The average Bonchev–Trinajstić information content (AvgIpc) is 3.19. The van der Waals surface area contributed by atoms with Crippen LogP contribution in [0.15, 0.2) is 30.3 Å². The molecule has 0 heterocycles. The van der Waals surface area contributed by atoms with Gasteiger partial charge in [-0.2, -0.15) is 0 Å². The molecule has 0 aromatic heterocycles. The second kappa shape index (κ2) is 6.15. The van der Waals surface area contributed by atoms with Gasteiger partial charge in [-0.3, -0.25) is 11.3 Å². The summed E-state index contributed by atoms with van der Waals surface area (Å²) in [5.41, 5.74) is 4.10. The number of nitrogens with one attached hydrogen (secondary N) is 1. The van der Waals surface area contributed by atoms with Crippen LogP contribution in [0.1, 0.15) is 37.4 Å². The maximum Gasteiger partial charge on any atom is 0.0987 e. The Morgan fingerprint density at radius 2 is 2.06 bits per heavy atom. The minimum absolute atomic E-state index is 0.0416. The van der Waals surface area contributed by atoms with Crippen molar-refractivity contribution in [3.05, 3.63) is 35.9 Å². The highest BCUT2D eigenvalue weighted by Crippen LogP contribution is 2.35. The van der Waals surface area contributed by atoms with Gasteiger partial charge in [-0.25, -0.2) is 0 Å². The number of hydrazine groups is 1. The van der Waals surface area contributed by atoms with E-state index in [1.165, 1.54) is 24.8 Å². The summed E-state index contributed by atoms with van der Waals surface area (Å²) in [4.78, 5) is 0. The molecule has 0 saturated heterocycles. The second-order valence-corrected chi connectivity index (χ2v) is 4.86. The van der Waals surface area contributed by atoms with E-state index in [2.05, 4.69) is 17.6 Å². The van der Waals surface area contributed by atoms with Crippen LogP contribution in [-0.4, -0.2) is 13.2 Å². The Morgan fingerprint density at radius 1 is 1.35 bits per heavy atom. The molecular formula is C14H22N2O. The lowest BCUT2D eigenvalue weighted by Gasteiger charge is -2.25. The molecule has 1 saturated carbocycles. The average molecular weight is 234 g/mol. The highest BCUT2D eigenvalue weighted by Gasteiger charge is 2.26. The molecule has 2 unspecified atom stereocenters. The third kappa shape index (κ3) is 3.53. The van der Waals surface area contributed by atoms with Gasteiger partial charge in [0.25, 0.3) is 0 Å². The maximum atomic E-state index is 5.66. The molecule has 3 nitrogen and oxygen atoms in total. The Balaban J connectivity index is 1.98. The van der Waals surface area contributed by atoms with Crippen molar-refractivity contribution in [2.45, 2.75) is 37.8 Å². The van der Waals surface area contributed by atoms with Gasteiger partial charge in [0.05, 0.1) is 12.1 Å². The maximum absolute atomic E-state index is 5.66. The molecule has 2 atom stereocenters. The number of methoxy groups -OCH3 is 1. The number of benzene rings is 1. The van der Waals surface area contributed by atoms with Crippen LogP contribution in [-0.2, 0) is 4.74 Å². The highest BCUT2D eigenvalue weighted by molar-refractivity contribution is 5.19. The molecule has 3 N–H and O–H groups in total. The molecule has 0 amide bonds. The van der Waals surface area contributed by atoms with Gasteiger partial charge >= 0.3 is 0 Å². The van der Waals surface area contributed by atoms with Gasteiger partial charge < -0.3 is 4.74 Å². The lowest BCUT2D eigenvalue weighted by atomic mass is 9.97. The van der Waals surface area contributed by atoms with Gasteiger partial charge in [0.1, 0.15) is 0 Å². The first-order valence-corrected chi connectivity index (χ1v) is 6.39. The second-order valence-electron chi connectivity index (χ2n) is 4.86. The summed E-state index contributed by atoms with van der Waals surface area (Å²) in [5.74, 6) is 6.59. The van der Waals surface area contributed by atoms with Crippen LogP contribution in [0, 0.1) is 5.92 Å². The zero-order valence-corrected chi connectivity index (χ0v) is 10.4. The molecule has 1 aromatic carbocycles. The first-order valence-electron chi connectivity index (χ1n) is 6.39. The van der Waals surface area contributed by atoms with Gasteiger partial charge in [-0.05, 0) is 24.3 Å². The third-order valence-corrected chi connectivity index (χ3v) is 3.54. The summed E-state index contributed by atoms with van der Waals surface area (Å²) in [5, 5.41) is 0. The van der Waals surface area contributed by atoms with Gasteiger partial charge in [0.15, 0.2) is 0 Å². The van der Waals surface area contributed by atoms with Crippen LogP contribution in [0.2, 0.25) is 0 Å². The minimum atomic E-state index is 0.0416. The molecular weight excluding hydrogens is 212 g/mol. The summed E-state index contributed by atoms with van der Waals surface area (Å²) in [6, 6.07) is 10.5. The quantitative estimate of drug-likeness (QED) is 0.562. The van der Waals surface area contributed by atoms with Crippen molar-refractivity contribution in [3.8, 4) is 0 Å². The molecule has 3 heteroatoms. The van der Waals surface area contributed by atoms with Gasteiger partial charge in [-0.1, -0.05) is 43.2 Å². The first kappa shape index (κ1) is 12.6. The van der Waals surface area contributed by atoms with Gasteiger partial charge in [-0.15, -0.1) is 0 Å². The Kier molecular flexibility index (Phi) is 4.54. The van der Waals surface area contributed by atoms with Gasteiger partial charge in [0.2, 0.25) is 0 Å². The Hall–Kier alpha value is -0.900. The van der Waals surface area contributed by atoms with Crippen LogP contribution >= 0.6 is 0 Å². The molecule has 0 bridgehead atoms. The molecule has 1 aromatic rings. The SMILES string of the molecule is COC(c1ccccc1)C(CCC1CC1)NN. The number of rotatable bonds is 7. The molecule has 0 aliphatic heterocycles. The Bertz CT molecular complexity index is 324. The predicted molar refractivity (Wildman–Crippen MR) is 69.3 cm³/mol. The van der Waals surface area contributed by atoms with Crippen molar-refractivity contribution in [3.63, 3.8) is 0 Å². The molecule has 0 spiro atoms. The van der Waals surface area contributed by atoms with E-state index in [9.17, 15) is 0 Å². The summed E-state index contributed by atoms with van der Waals surface area (Å²) in [6.45, 7) is 0. The summed E-state index contributed by atoms with van der Waals surface area (Å²) >= 11 is 0. The number of nitrogens with two attached hydrogens (primary N) is 1. The monoisotopic (exact) mass is 234 g/mol. The smallest absolute Gasteiger partial charge is 0.0987 e. The third-order valence-electron chi connectivity index (χ3n) is 3.54. The van der Waals surface area contributed by atoms with E-state index in [-0.39, 0.29) is 12.1 Å². The highest BCUT2D eigenvalue weighted by atomic mass is 16.5. The largest absolute Gasteiger partial charge is 0.375 e. The van der Waals surface area contributed by atoms with E-state index in [1.807, 2.05) is 18.2 Å². The van der Waals surface area contributed by atoms with Crippen molar-refractivity contribution in [2.75, 3.05) is 7.11 Å². The Labute approximate surface area is 103 Å². The van der Waals surface area contributed by atoms with Crippen molar-refractivity contribution in [2.24, 2.45) is 11.8 Å². The van der Waals surface area contributed by atoms with Crippen LogP contribution in [0.3, 0.4) is 0 Å². The molecule has 17 heavy (non-hydrogen) atoms. The van der Waals surface area contributed by atoms with Crippen molar-refractivity contribution in [1.29, 1.82) is 0 Å². The molecule has 2 rings (SSSR count). The van der Waals surface area contributed by atoms with E-state index >= 15 is 0 Å². The first-order chi connectivity index (χ1) is 8.35. The standard InChI is InChI=1S/C14H22N2O/c1-17-14(12-5-3-2-4-6-12)13(16-15)10-9-11-7-8-11/h2-6,11,13-14,16H,7-10,15H2,1H3. The number of hydrogen-bond donors (Lipinski definition) is 2. The predicted octanol–water partition coefficient (Wildman–Crippen LogP) is 2.40. The molecule has 94 valence electrons. The Morgan fingerprint density at radius 3 is 2.59 bits per heavy atom. The molecule has 0 radical (unpaired) electrons. The molecule has 1 fully saturated rings. The van der Waals surface area contributed by atoms with Crippen LogP contribution < -0.4 is 11.3 Å². The zero-order chi connectivity index (χ0) is 12.1. The van der Waals surface area contributed by atoms with E-state index in [0.717, 1.165) is 12.3 Å². The minimum Gasteiger partial charge on any atom is -0.375 e.